The quantitative estimate of drug-likeness (QED) is 0.800. The van der Waals surface area contributed by atoms with Crippen molar-refractivity contribution in [3.8, 4) is 0 Å². The van der Waals surface area contributed by atoms with Crippen LogP contribution in [0.1, 0.15) is 68.8 Å². The molecule has 1 aromatic heterocycles. The molecule has 2 aromatic rings. The number of urea groups is 1. The number of carbonyl (C=O) groups is 1. The van der Waals surface area contributed by atoms with Crippen molar-refractivity contribution >= 4 is 16.9 Å². The fourth-order valence-electron chi connectivity index (χ4n) is 5.46. The SMILES string of the molecule is CCN(CC)C(=O)Nn1c(C)c2c3c(cc(C(C)(C)O)cc31)[C@H]1CCCN(C)[C@@H]1C2. The summed E-state index contributed by atoms with van der Waals surface area (Å²) in [6, 6.07) is 4.66. The van der Waals surface area contributed by atoms with Gasteiger partial charge in [0, 0.05) is 36.1 Å². The highest BCUT2D eigenvalue weighted by Crippen LogP contribution is 2.46. The van der Waals surface area contributed by atoms with E-state index >= 15 is 0 Å². The van der Waals surface area contributed by atoms with Crippen molar-refractivity contribution in [2.45, 2.75) is 71.4 Å². The predicted octanol–water partition coefficient (Wildman–Crippen LogP) is 3.92. The van der Waals surface area contributed by atoms with Gasteiger partial charge in [-0.2, -0.15) is 0 Å². The van der Waals surface area contributed by atoms with Crippen LogP contribution in [0.25, 0.3) is 10.9 Å². The van der Waals surface area contributed by atoms with Crippen LogP contribution in [0.3, 0.4) is 0 Å². The van der Waals surface area contributed by atoms with Crippen molar-refractivity contribution in [1.82, 2.24) is 14.5 Å². The molecule has 1 aromatic carbocycles. The fraction of sp³-hybridized carbons (Fsp3) is 0.625. The number of aromatic nitrogens is 1. The monoisotopic (exact) mass is 412 g/mol. The van der Waals surface area contributed by atoms with E-state index in [0.717, 1.165) is 29.7 Å². The number of rotatable bonds is 4. The highest BCUT2D eigenvalue weighted by molar-refractivity contribution is 5.94. The van der Waals surface area contributed by atoms with Gasteiger partial charge in [0.15, 0.2) is 0 Å². The van der Waals surface area contributed by atoms with Crippen molar-refractivity contribution in [3.63, 3.8) is 0 Å². The van der Waals surface area contributed by atoms with Gasteiger partial charge < -0.3 is 14.9 Å². The number of aliphatic hydroxyl groups is 1. The topological polar surface area (TPSA) is 60.7 Å². The second kappa shape index (κ2) is 7.57. The normalized spacial score (nSPS) is 21.6. The first-order chi connectivity index (χ1) is 14.2. The molecule has 0 saturated carbocycles. The standard InChI is InChI=1S/C24H36N4O2/c1-7-27(8-2)23(29)25-28-15(3)18-14-20-17(10-9-11-26(20)6)19-12-16(24(4,5)30)13-21(28)22(18)19/h12-13,17,20,30H,7-11,14H2,1-6H3,(H,25,29)/t17-,20-/m1/s1. The van der Waals surface area contributed by atoms with Crippen molar-refractivity contribution < 1.29 is 9.90 Å². The molecule has 1 aliphatic carbocycles. The number of carbonyl (C=O) groups excluding carboxylic acids is 1. The van der Waals surface area contributed by atoms with Crippen LogP contribution in [0.4, 0.5) is 4.79 Å². The Kier molecular flexibility index (Phi) is 5.35. The number of likely N-dealkylation sites (tertiary alicyclic amines) is 1. The predicted molar refractivity (Wildman–Crippen MR) is 122 cm³/mol. The van der Waals surface area contributed by atoms with E-state index in [9.17, 15) is 9.90 Å². The summed E-state index contributed by atoms with van der Waals surface area (Å²) in [4.78, 5) is 17.2. The van der Waals surface area contributed by atoms with Crippen LogP contribution < -0.4 is 5.43 Å². The third-order valence-corrected chi connectivity index (χ3v) is 7.30. The Morgan fingerprint density at radius 1 is 1.30 bits per heavy atom. The molecular weight excluding hydrogens is 376 g/mol. The second-order valence-electron chi connectivity index (χ2n) is 9.51. The molecule has 6 nitrogen and oxygen atoms in total. The number of nitrogens with one attached hydrogen (secondary N) is 1. The van der Waals surface area contributed by atoms with Crippen molar-refractivity contribution in [2.24, 2.45) is 0 Å². The summed E-state index contributed by atoms with van der Waals surface area (Å²) in [6.07, 6.45) is 3.38. The molecule has 1 saturated heterocycles. The summed E-state index contributed by atoms with van der Waals surface area (Å²) >= 11 is 0. The summed E-state index contributed by atoms with van der Waals surface area (Å²) in [7, 11) is 2.23. The Morgan fingerprint density at radius 3 is 2.63 bits per heavy atom. The van der Waals surface area contributed by atoms with Crippen LogP contribution >= 0.6 is 0 Å². The van der Waals surface area contributed by atoms with E-state index in [0.29, 0.717) is 25.0 Å². The van der Waals surface area contributed by atoms with E-state index < -0.39 is 5.60 Å². The molecule has 2 atom stereocenters. The second-order valence-corrected chi connectivity index (χ2v) is 9.51. The van der Waals surface area contributed by atoms with Gasteiger partial charge in [0.25, 0.3) is 0 Å². The van der Waals surface area contributed by atoms with E-state index in [1.807, 2.05) is 32.4 Å². The molecule has 1 fully saturated rings. The number of hydrogen-bond donors (Lipinski definition) is 2. The fourth-order valence-corrected chi connectivity index (χ4v) is 5.46. The number of piperidine rings is 1. The molecule has 2 amide bonds. The maximum atomic E-state index is 12.9. The van der Waals surface area contributed by atoms with E-state index in [1.54, 1.807) is 4.90 Å². The van der Waals surface area contributed by atoms with Gasteiger partial charge in [0.2, 0.25) is 0 Å². The minimum atomic E-state index is -0.940. The van der Waals surface area contributed by atoms with Crippen LogP contribution in [-0.2, 0) is 12.0 Å². The average molecular weight is 413 g/mol. The number of fused-ring (bicyclic) bond motifs is 2. The van der Waals surface area contributed by atoms with E-state index in [2.05, 4.69) is 36.4 Å². The summed E-state index contributed by atoms with van der Waals surface area (Å²) in [5.74, 6) is 0.467. The zero-order valence-electron chi connectivity index (χ0n) is 19.2. The van der Waals surface area contributed by atoms with Gasteiger partial charge in [-0.15, -0.1) is 0 Å². The smallest absolute Gasteiger partial charge is 0.336 e. The highest BCUT2D eigenvalue weighted by atomic mass is 16.3. The molecule has 0 bridgehead atoms. The van der Waals surface area contributed by atoms with Gasteiger partial charge in [-0.3, -0.25) is 4.68 Å². The molecule has 164 valence electrons. The van der Waals surface area contributed by atoms with Gasteiger partial charge in [0.1, 0.15) is 0 Å². The highest BCUT2D eigenvalue weighted by Gasteiger charge is 2.38. The van der Waals surface area contributed by atoms with Gasteiger partial charge in [-0.05, 0) is 90.2 Å². The minimum absolute atomic E-state index is 0.0875. The van der Waals surface area contributed by atoms with Gasteiger partial charge in [-0.25, -0.2) is 10.2 Å². The lowest BCUT2D eigenvalue weighted by molar-refractivity contribution is 0.0784. The molecule has 0 unspecified atom stereocenters. The number of hydrogen-bond acceptors (Lipinski definition) is 3. The Balaban J connectivity index is 1.92. The minimum Gasteiger partial charge on any atom is -0.386 e. The molecule has 2 heterocycles. The van der Waals surface area contributed by atoms with Gasteiger partial charge in [0.05, 0.1) is 11.1 Å². The van der Waals surface area contributed by atoms with Crippen molar-refractivity contribution in [3.05, 3.63) is 34.5 Å². The zero-order valence-corrected chi connectivity index (χ0v) is 19.2. The number of amides is 2. The number of likely N-dealkylation sites (N-methyl/N-ethyl adjacent to an activating group) is 1. The summed E-state index contributed by atoms with van der Waals surface area (Å²) in [5.41, 5.74) is 7.87. The van der Waals surface area contributed by atoms with Crippen LogP contribution in [0.15, 0.2) is 12.1 Å². The Hall–Kier alpha value is -2.05. The number of benzene rings is 1. The largest absolute Gasteiger partial charge is 0.386 e. The van der Waals surface area contributed by atoms with Crippen LogP contribution in [0, 0.1) is 6.92 Å². The zero-order chi connectivity index (χ0) is 21.8. The molecule has 2 aliphatic rings. The first kappa shape index (κ1) is 21.2. The van der Waals surface area contributed by atoms with Gasteiger partial charge in [-0.1, -0.05) is 6.07 Å². The molecule has 6 heteroatoms. The molecule has 1 aliphatic heterocycles. The summed E-state index contributed by atoms with van der Waals surface area (Å²) in [5, 5.41) is 12.1. The molecule has 2 N–H and O–H groups in total. The first-order valence-electron chi connectivity index (χ1n) is 11.3. The lowest BCUT2D eigenvalue weighted by Gasteiger charge is -2.42. The summed E-state index contributed by atoms with van der Waals surface area (Å²) in [6.45, 7) is 12.2. The van der Waals surface area contributed by atoms with Crippen LogP contribution in [-0.4, -0.2) is 58.3 Å². The van der Waals surface area contributed by atoms with Crippen LogP contribution in [0.5, 0.6) is 0 Å². The van der Waals surface area contributed by atoms with E-state index in [1.165, 1.54) is 29.4 Å². The van der Waals surface area contributed by atoms with Crippen molar-refractivity contribution in [1.29, 1.82) is 0 Å². The third kappa shape index (κ3) is 3.30. The lowest BCUT2D eigenvalue weighted by Crippen LogP contribution is -2.44. The van der Waals surface area contributed by atoms with Crippen molar-refractivity contribution in [2.75, 3.05) is 32.1 Å². The third-order valence-electron chi connectivity index (χ3n) is 7.30. The Bertz CT molecular complexity index is 968. The first-order valence-corrected chi connectivity index (χ1v) is 11.3. The Morgan fingerprint density at radius 2 is 2.00 bits per heavy atom. The molecule has 0 spiro atoms. The Labute approximate surface area is 179 Å². The molecule has 4 rings (SSSR count). The maximum Gasteiger partial charge on any atom is 0.336 e. The van der Waals surface area contributed by atoms with Gasteiger partial charge >= 0.3 is 6.03 Å². The molecular formula is C24H36N4O2. The maximum absolute atomic E-state index is 12.9. The van der Waals surface area contributed by atoms with E-state index in [-0.39, 0.29) is 6.03 Å². The molecule has 30 heavy (non-hydrogen) atoms. The van der Waals surface area contributed by atoms with E-state index in [4.69, 9.17) is 0 Å². The summed E-state index contributed by atoms with van der Waals surface area (Å²) < 4.78 is 1.96. The van der Waals surface area contributed by atoms with Crippen LogP contribution in [0.2, 0.25) is 0 Å². The molecule has 0 radical (unpaired) electrons. The number of nitrogens with zero attached hydrogens (tertiary/aromatic N) is 3. The average Bonchev–Trinajstić information content (AvgIpc) is 2.95. The lowest BCUT2D eigenvalue weighted by atomic mass is 9.73.